The molecule has 3 atom stereocenters. The second kappa shape index (κ2) is 7.39. The lowest BCUT2D eigenvalue weighted by Gasteiger charge is -2.30. The highest BCUT2D eigenvalue weighted by Crippen LogP contribution is 2.29. The van der Waals surface area contributed by atoms with E-state index in [0.717, 1.165) is 25.3 Å². The number of hydrogen-bond donors (Lipinski definition) is 1. The number of likely N-dealkylation sites (tertiary alicyclic amines) is 1. The Morgan fingerprint density at radius 3 is 2.48 bits per heavy atom. The zero-order valence-corrected chi connectivity index (χ0v) is 13.7. The second-order valence-electron chi connectivity index (χ2n) is 6.76. The molecule has 4 nitrogen and oxygen atoms in total. The number of carbonyl (C=O) groups excluding carboxylic acids is 2. The van der Waals surface area contributed by atoms with Crippen molar-refractivity contribution in [3.05, 3.63) is 0 Å². The molecule has 0 spiro atoms. The standard InChI is InChI=1S/C17H30N2O2/c1-4-14(5-2)19-16(20)10-15(17(19)21)18-11-13-9-7-6-8-12(13)3/h12-15,18H,4-11H2,1-3H3. The maximum absolute atomic E-state index is 12.5. The van der Waals surface area contributed by atoms with Crippen LogP contribution in [0.1, 0.15) is 65.7 Å². The van der Waals surface area contributed by atoms with Crippen LogP contribution in [0.2, 0.25) is 0 Å². The van der Waals surface area contributed by atoms with Crippen molar-refractivity contribution in [2.24, 2.45) is 11.8 Å². The summed E-state index contributed by atoms with van der Waals surface area (Å²) in [6.45, 7) is 7.27. The first-order valence-electron chi connectivity index (χ1n) is 8.67. The first-order valence-corrected chi connectivity index (χ1v) is 8.67. The zero-order valence-electron chi connectivity index (χ0n) is 13.7. The minimum absolute atomic E-state index is 0.00263. The summed E-state index contributed by atoms with van der Waals surface area (Å²) in [4.78, 5) is 26.1. The molecule has 1 N–H and O–H groups in total. The molecule has 1 saturated heterocycles. The Kier molecular flexibility index (Phi) is 5.80. The molecule has 0 aromatic rings. The highest BCUT2D eigenvalue weighted by molar-refractivity contribution is 6.05. The summed E-state index contributed by atoms with van der Waals surface area (Å²) in [6.07, 6.45) is 7.22. The first-order chi connectivity index (χ1) is 10.1. The van der Waals surface area contributed by atoms with Crippen LogP contribution in [-0.4, -0.2) is 35.3 Å². The molecule has 3 unspecified atom stereocenters. The molecule has 1 aliphatic carbocycles. The fourth-order valence-corrected chi connectivity index (χ4v) is 3.84. The van der Waals surface area contributed by atoms with Gasteiger partial charge in [0.05, 0.1) is 12.5 Å². The average molecular weight is 294 g/mol. The Morgan fingerprint density at radius 2 is 1.86 bits per heavy atom. The molecule has 2 amide bonds. The number of carbonyl (C=O) groups is 2. The molecular formula is C17H30N2O2. The van der Waals surface area contributed by atoms with Gasteiger partial charge in [-0.05, 0) is 37.6 Å². The van der Waals surface area contributed by atoms with Gasteiger partial charge < -0.3 is 5.32 Å². The van der Waals surface area contributed by atoms with E-state index in [1.54, 1.807) is 0 Å². The molecule has 0 aromatic carbocycles. The molecule has 0 aromatic heterocycles. The van der Waals surface area contributed by atoms with Crippen molar-refractivity contribution in [1.82, 2.24) is 10.2 Å². The molecule has 1 aliphatic heterocycles. The van der Waals surface area contributed by atoms with Crippen LogP contribution in [0.4, 0.5) is 0 Å². The third kappa shape index (κ3) is 3.65. The van der Waals surface area contributed by atoms with Gasteiger partial charge in [0.2, 0.25) is 11.8 Å². The van der Waals surface area contributed by atoms with Gasteiger partial charge in [-0.15, -0.1) is 0 Å². The van der Waals surface area contributed by atoms with Gasteiger partial charge in [-0.25, -0.2) is 0 Å². The minimum Gasteiger partial charge on any atom is -0.305 e. The number of amides is 2. The maximum Gasteiger partial charge on any atom is 0.247 e. The van der Waals surface area contributed by atoms with E-state index in [1.807, 2.05) is 13.8 Å². The fourth-order valence-electron chi connectivity index (χ4n) is 3.84. The second-order valence-corrected chi connectivity index (χ2v) is 6.76. The summed E-state index contributed by atoms with van der Waals surface area (Å²) in [5, 5.41) is 3.38. The maximum atomic E-state index is 12.5. The van der Waals surface area contributed by atoms with Crippen LogP contribution >= 0.6 is 0 Å². The Balaban J connectivity index is 1.90. The summed E-state index contributed by atoms with van der Waals surface area (Å²) >= 11 is 0. The van der Waals surface area contributed by atoms with Crippen molar-refractivity contribution in [3.63, 3.8) is 0 Å². The highest BCUT2D eigenvalue weighted by atomic mass is 16.2. The number of imide groups is 1. The van der Waals surface area contributed by atoms with Crippen molar-refractivity contribution in [3.8, 4) is 0 Å². The van der Waals surface area contributed by atoms with Gasteiger partial charge in [0.15, 0.2) is 0 Å². The summed E-state index contributed by atoms with van der Waals surface area (Å²) in [7, 11) is 0. The first kappa shape index (κ1) is 16.5. The third-order valence-electron chi connectivity index (χ3n) is 5.41. The lowest BCUT2D eigenvalue weighted by molar-refractivity contribution is -0.141. The molecule has 0 bridgehead atoms. The number of nitrogens with one attached hydrogen (secondary N) is 1. The number of nitrogens with zero attached hydrogens (tertiary/aromatic N) is 1. The van der Waals surface area contributed by atoms with Gasteiger partial charge in [0.25, 0.3) is 0 Å². The molecule has 21 heavy (non-hydrogen) atoms. The molecular weight excluding hydrogens is 264 g/mol. The SMILES string of the molecule is CCC(CC)N1C(=O)CC(NCC2CCCCC2C)C1=O. The highest BCUT2D eigenvalue weighted by Gasteiger charge is 2.41. The van der Waals surface area contributed by atoms with Gasteiger partial charge in [-0.3, -0.25) is 14.5 Å². The van der Waals surface area contributed by atoms with Crippen LogP contribution in [-0.2, 0) is 9.59 Å². The lowest BCUT2D eigenvalue weighted by atomic mass is 9.80. The summed E-state index contributed by atoms with van der Waals surface area (Å²) in [6, 6.07) is -0.211. The Labute approximate surface area is 128 Å². The van der Waals surface area contributed by atoms with Gasteiger partial charge >= 0.3 is 0 Å². The molecule has 2 rings (SSSR count). The largest absolute Gasteiger partial charge is 0.305 e. The van der Waals surface area contributed by atoms with E-state index in [9.17, 15) is 9.59 Å². The van der Waals surface area contributed by atoms with E-state index in [1.165, 1.54) is 30.6 Å². The minimum atomic E-state index is -0.285. The predicted octanol–water partition coefficient (Wildman–Crippen LogP) is 2.72. The van der Waals surface area contributed by atoms with E-state index < -0.39 is 0 Å². The zero-order chi connectivity index (χ0) is 15.4. The summed E-state index contributed by atoms with van der Waals surface area (Å²) < 4.78 is 0. The Morgan fingerprint density at radius 1 is 1.19 bits per heavy atom. The molecule has 4 heteroatoms. The monoisotopic (exact) mass is 294 g/mol. The van der Waals surface area contributed by atoms with Crippen molar-refractivity contribution >= 4 is 11.8 Å². The normalized spacial score (nSPS) is 30.5. The average Bonchev–Trinajstić information content (AvgIpc) is 2.76. The van der Waals surface area contributed by atoms with Crippen LogP contribution < -0.4 is 5.32 Å². The van der Waals surface area contributed by atoms with E-state index in [0.29, 0.717) is 12.3 Å². The molecule has 1 heterocycles. The molecule has 2 fully saturated rings. The quantitative estimate of drug-likeness (QED) is 0.766. The van der Waals surface area contributed by atoms with Crippen molar-refractivity contribution in [2.45, 2.75) is 77.8 Å². The van der Waals surface area contributed by atoms with Crippen LogP contribution in [0.15, 0.2) is 0 Å². The molecule has 0 radical (unpaired) electrons. The predicted molar refractivity (Wildman–Crippen MR) is 83.8 cm³/mol. The van der Waals surface area contributed by atoms with Gasteiger partial charge in [-0.1, -0.05) is 40.0 Å². The topological polar surface area (TPSA) is 49.4 Å². The van der Waals surface area contributed by atoms with E-state index in [2.05, 4.69) is 12.2 Å². The van der Waals surface area contributed by atoms with Crippen molar-refractivity contribution < 1.29 is 9.59 Å². The van der Waals surface area contributed by atoms with E-state index >= 15 is 0 Å². The summed E-state index contributed by atoms with van der Waals surface area (Å²) in [5.74, 6) is 1.39. The van der Waals surface area contributed by atoms with Gasteiger partial charge in [0, 0.05) is 6.04 Å². The van der Waals surface area contributed by atoms with E-state index in [4.69, 9.17) is 0 Å². The van der Waals surface area contributed by atoms with Gasteiger partial charge in [-0.2, -0.15) is 0 Å². The summed E-state index contributed by atoms with van der Waals surface area (Å²) in [5.41, 5.74) is 0. The molecule has 120 valence electrons. The fraction of sp³-hybridized carbons (Fsp3) is 0.882. The van der Waals surface area contributed by atoms with Crippen LogP contribution in [0.25, 0.3) is 0 Å². The van der Waals surface area contributed by atoms with Gasteiger partial charge in [0.1, 0.15) is 0 Å². The molecule has 2 aliphatic rings. The third-order valence-corrected chi connectivity index (χ3v) is 5.41. The van der Waals surface area contributed by atoms with Crippen LogP contribution in [0.5, 0.6) is 0 Å². The number of rotatable bonds is 6. The van der Waals surface area contributed by atoms with Crippen LogP contribution in [0, 0.1) is 11.8 Å². The van der Waals surface area contributed by atoms with Crippen LogP contribution in [0.3, 0.4) is 0 Å². The Hall–Kier alpha value is -0.900. The number of hydrogen-bond acceptors (Lipinski definition) is 3. The smallest absolute Gasteiger partial charge is 0.247 e. The lowest BCUT2D eigenvalue weighted by Crippen LogP contribution is -2.45. The molecule has 1 saturated carbocycles. The van der Waals surface area contributed by atoms with Crippen molar-refractivity contribution in [2.75, 3.05) is 6.54 Å². The van der Waals surface area contributed by atoms with E-state index in [-0.39, 0.29) is 23.9 Å². The van der Waals surface area contributed by atoms with Crippen molar-refractivity contribution in [1.29, 1.82) is 0 Å². The Bertz CT molecular complexity index is 379.